The minimum absolute atomic E-state index is 0.0241. The molecule has 5 heteroatoms. The number of nitrogens with zero attached hydrogens (tertiary/aromatic N) is 2. The van der Waals surface area contributed by atoms with Crippen LogP contribution in [0.4, 0.5) is 5.82 Å². The number of anilines is 1. The van der Waals surface area contributed by atoms with Gasteiger partial charge >= 0.3 is 0 Å². The Hall–Kier alpha value is -2.85. The van der Waals surface area contributed by atoms with Crippen LogP contribution in [0.2, 0.25) is 5.02 Å². The number of hydrogen-bond donors (Lipinski definition) is 1. The van der Waals surface area contributed by atoms with E-state index >= 15 is 0 Å². The fourth-order valence-corrected chi connectivity index (χ4v) is 3.09. The topological polar surface area (TPSA) is 45.2 Å². The number of rotatable bonds is 7. The highest BCUT2D eigenvalue weighted by atomic mass is 35.5. The average Bonchev–Trinajstić information content (AvgIpc) is 2.72. The molecule has 0 aliphatic carbocycles. The summed E-state index contributed by atoms with van der Waals surface area (Å²) in [5, 5.41) is 3.96. The third-order valence-corrected chi connectivity index (χ3v) is 4.88. The normalized spacial score (nSPS) is 10.7. The molecule has 0 radical (unpaired) electrons. The number of carbonyl (C=O) groups excluding carboxylic acids is 1. The van der Waals surface area contributed by atoms with Gasteiger partial charge in [-0.05, 0) is 43.2 Å². The second-order valence-corrected chi connectivity index (χ2v) is 7.30. The zero-order valence-corrected chi connectivity index (χ0v) is 16.9. The largest absolute Gasteiger partial charge is 0.366 e. The Labute approximate surface area is 171 Å². The van der Waals surface area contributed by atoms with E-state index in [-0.39, 0.29) is 11.9 Å². The van der Waals surface area contributed by atoms with Gasteiger partial charge in [0.1, 0.15) is 5.82 Å². The van der Waals surface area contributed by atoms with E-state index in [4.69, 9.17) is 11.6 Å². The Balaban J connectivity index is 1.67. The van der Waals surface area contributed by atoms with Crippen LogP contribution in [0.25, 0.3) is 0 Å². The number of pyridine rings is 1. The SMILES string of the molecule is CC(C)N(Cc1ccccc1)C(=O)c1ccc(NCc2ccccc2Cl)nc1. The number of amides is 1. The maximum absolute atomic E-state index is 13.0. The van der Waals surface area contributed by atoms with Crippen LogP contribution in [0.5, 0.6) is 0 Å². The summed E-state index contributed by atoms with van der Waals surface area (Å²) in [7, 11) is 0. The molecule has 1 amide bonds. The molecule has 2 aromatic carbocycles. The first-order chi connectivity index (χ1) is 13.5. The van der Waals surface area contributed by atoms with Crippen LogP contribution < -0.4 is 5.32 Å². The molecule has 144 valence electrons. The highest BCUT2D eigenvalue weighted by molar-refractivity contribution is 6.31. The van der Waals surface area contributed by atoms with Crippen LogP contribution in [-0.2, 0) is 13.1 Å². The van der Waals surface area contributed by atoms with E-state index in [2.05, 4.69) is 10.3 Å². The Bertz CT molecular complexity index is 911. The molecule has 0 bridgehead atoms. The van der Waals surface area contributed by atoms with E-state index in [1.165, 1.54) is 0 Å². The highest BCUT2D eigenvalue weighted by Gasteiger charge is 2.19. The summed E-state index contributed by atoms with van der Waals surface area (Å²) in [6.07, 6.45) is 1.62. The third-order valence-electron chi connectivity index (χ3n) is 4.51. The molecule has 1 aromatic heterocycles. The summed E-state index contributed by atoms with van der Waals surface area (Å²) in [5.74, 6) is 0.680. The summed E-state index contributed by atoms with van der Waals surface area (Å²) in [6.45, 7) is 5.19. The van der Waals surface area contributed by atoms with Crippen LogP contribution in [0.3, 0.4) is 0 Å². The molecule has 4 nitrogen and oxygen atoms in total. The molecular formula is C23H24ClN3O. The summed E-state index contributed by atoms with van der Waals surface area (Å²) in [5.41, 5.74) is 2.68. The van der Waals surface area contributed by atoms with Crippen LogP contribution in [0, 0.1) is 0 Å². The number of aromatic nitrogens is 1. The van der Waals surface area contributed by atoms with E-state index in [1.807, 2.05) is 85.5 Å². The Morgan fingerprint density at radius 1 is 1.04 bits per heavy atom. The molecular weight excluding hydrogens is 370 g/mol. The zero-order valence-electron chi connectivity index (χ0n) is 16.1. The first-order valence-electron chi connectivity index (χ1n) is 9.33. The molecule has 1 N–H and O–H groups in total. The first kappa shape index (κ1) is 19.9. The quantitative estimate of drug-likeness (QED) is 0.584. The molecule has 3 rings (SSSR count). The predicted molar refractivity (Wildman–Crippen MR) is 114 cm³/mol. The summed E-state index contributed by atoms with van der Waals surface area (Å²) >= 11 is 6.18. The number of benzene rings is 2. The van der Waals surface area contributed by atoms with Gasteiger partial charge in [-0.1, -0.05) is 60.1 Å². The maximum Gasteiger partial charge on any atom is 0.255 e. The van der Waals surface area contributed by atoms with Gasteiger partial charge in [-0.3, -0.25) is 4.79 Å². The molecule has 0 unspecified atom stereocenters. The van der Waals surface area contributed by atoms with E-state index in [0.717, 1.165) is 16.1 Å². The van der Waals surface area contributed by atoms with Crippen molar-refractivity contribution in [2.45, 2.75) is 33.0 Å². The lowest BCUT2D eigenvalue weighted by molar-refractivity contribution is 0.0690. The maximum atomic E-state index is 13.0. The van der Waals surface area contributed by atoms with Crippen molar-refractivity contribution in [3.8, 4) is 0 Å². The van der Waals surface area contributed by atoms with Crippen LogP contribution in [0.15, 0.2) is 72.9 Å². The van der Waals surface area contributed by atoms with Crippen molar-refractivity contribution in [3.63, 3.8) is 0 Å². The van der Waals surface area contributed by atoms with Crippen molar-refractivity contribution in [2.24, 2.45) is 0 Å². The van der Waals surface area contributed by atoms with Gasteiger partial charge in [-0.25, -0.2) is 4.98 Å². The molecule has 3 aromatic rings. The Morgan fingerprint density at radius 2 is 1.75 bits per heavy atom. The van der Waals surface area contributed by atoms with Crippen molar-refractivity contribution in [2.75, 3.05) is 5.32 Å². The molecule has 28 heavy (non-hydrogen) atoms. The van der Waals surface area contributed by atoms with Crippen molar-refractivity contribution in [3.05, 3.63) is 94.6 Å². The van der Waals surface area contributed by atoms with Crippen molar-refractivity contribution < 1.29 is 4.79 Å². The van der Waals surface area contributed by atoms with Gasteiger partial charge in [0.25, 0.3) is 5.91 Å². The Morgan fingerprint density at radius 3 is 2.39 bits per heavy atom. The van der Waals surface area contributed by atoms with Crippen LogP contribution >= 0.6 is 11.6 Å². The van der Waals surface area contributed by atoms with Gasteiger partial charge in [0, 0.05) is 30.4 Å². The van der Waals surface area contributed by atoms with E-state index in [9.17, 15) is 4.79 Å². The van der Waals surface area contributed by atoms with Crippen molar-refractivity contribution in [1.82, 2.24) is 9.88 Å². The van der Waals surface area contributed by atoms with E-state index in [1.54, 1.807) is 6.20 Å². The smallest absolute Gasteiger partial charge is 0.255 e. The van der Waals surface area contributed by atoms with Gasteiger partial charge < -0.3 is 10.2 Å². The Kier molecular flexibility index (Phi) is 6.66. The van der Waals surface area contributed by atoms with Gasteiger partial charge in [-0.2, -0.15) is 0 Å². The molecule has 0 saturated carbocycles. The minimum atomic E-state index is -0.0241. The van der Waals surface area contributed by atoms with Crippen molar-refractivity contribution >= 4 is 23.3 Å². The standard InChI is InChI=1S/C23H24ClN3O/c1-17(2)27(16-18-8-4-3-5-9-18)23(28)20-12-13-22(26-15-20)25-14-19-10-6-7-11-21(19)24/h3-13,15,17H,14,16H2,1-2H3,(H,25,26). The fraction of sp³-hybridized carbons (Fsp3) is 0.217. The lowest BCUT2D eigenvalue weighted by atomic mass is 10.1. The van der Waals surface area contributed by atoms with Crippen LogP contribution in [0.1, 0.15) is 35.3 Å². The average molecular weight is 394 g/mol. The molecule has 0 saturated heterocycles. The lowest BCUT2D eigenvalue weighted by Gasteiger charge is -2.27. The number of nitrogens with one attached hydrogen (secondary N) is 1. The third kappa shape index (κ3) is 5.11. The molecule has 1 heterocycles. The molecule has 0 fully saturated rings. The second-order valence-electron chi connectivity index (χ2n) is 6.89. The second kappa shape index (κ2) is 9.38. The summed E-state index contributed by atoms with van der Waals surface area (Å²) in [6, 6.07) is 21.4. The number of halogens is 1. The monoisotopic (exact) mass is 393 g/mol. The van der Waals surface area contributed by atoms with Gasteiger partial charge in [0.05, 0.1) is 5.56 Å². The van der Waals surface area contributed by atoms with Gasteiger partial charge in [0.2, 0.25) is 0 Å². The summed E-state index contributed by atoms with van der Waals surface area (Å²) < 4.78 is 0. The van der Waals surface area contributed by atoms with E-state index < -0.39 is 0 Å². The van der Waals surface area contributed by atoms with Crippen LogP contribution in [-0.4, -0.2) is 21.8 Å². The number of hydrogen-bond acceptors (Lipinski definition) is 3. The highest BCUT2D eigenvalue weighted by Crippen LogP contribution is 2.17. The molecule has 0 aliphatic heterocycles. The predicted octanol–water partition coefficient (Wildman–Crippen LogP) is 5.40. The molecule has 0 aliphatic rings. The molecule has 0 spiro atoms. The fourth-order valence-electron chi connectivity index (χ4n) is 2.89. The van der Waals surface area contributed by atoms with E-state index in [0.29, 0.717) is 24.5 Å². The van der Waals surface area contributed by atoms with Gasteiger partial charge in [0.15, 0.2) is 0 Å². The lowest BCUT2D eigenvalue weighted by Crippen LogP contribution is -2.36. The number of carbonyl (C=O) groups is 1. The van der Waals surface area contributed by atoms with Crippen molar-refractivity contribution in [1.29, 1.82) is 0 Å². The summed E-state index contributed by atoms with van der Waals surface area (Å²) in [4.78, 5) is 19.2. The molecule has 0 atom stereocenters. The first-order valence-corrected chi connectivity index (χ1v) is 9.70. The minimum Gasteiger partial charge on any atom is -0.366 e. The zero-order chi connectivity index (χ0) is 19.9. The van der Waals surface area contributed by atoms with Gasteiger partial charge in [-0.15, -0.1) is 0 Å².